The van der Waals surface area contributed by atoms with Gasteiger partial charge < -0.3 is 10.4 Å². The highest BCUT2D eigenvalue weighted by Crippen LogP contribution is 2.39. The second-order valence-electron chi connectivity index (χ2n) is 7.01. The fraction of sp³-hybridized carbons (Fsp3) is 0.444. The van der Waals surface area contributed by atoms with Crippen molar-refractivity contribution < 1.29 is 13.5 Å². The predicted molar refractivity (Wildman–Crippen MR) is 91.1 cm³/mol. The molecule has 0 amide bonds. The zero-order valence-corrected chi connectivity index (χ0v) is 13.7. The van der Waals surface area contributed by atoms with E-state index in [1.54, 1.807) is 12.1 Å². The number of fused-ring (bicyclic) bond motifs is 2. The normalized spacial score (nSPS) is 29.0. The standard InChI is InChI=1S/C18H21NO3S/c20-18-4-3-13-5-12(1-2-14(13)8-18)9-19-17-6-15-10-23(21,22)11-16(15)7-17/h1-5,8,15-17,19-20H,6-7,9-11H2. The maximum absolute atomic E-state index is 11.6. The summed E-state index contributed by atoms with van der Waals surface area (Å²) in [6.07, 6.45) is 1.96. The molecule has 1 aliphatic carbocycles. The Kier molecular flexibility index (Phi) is 3.58. The highest BCUT2D eigenvalue weighted by Gasteiger charge is 2.43. The quantitative estimate of drug-likeness (QED) is 0.907. The lowest BCUT2D eigenvalue weighted by atomic mass is 10.0. The highest BCUT2D eigenvalue weighted by molar-refractivity contribution is 7.91. The molecule has 5 heteroatoms. The molecule has 0 aromatic heterocycles. The smallest absolute Gasteiger partial charge is 0.150 e. The maximum Gasteiger partial charge on any atom is 0.150 e. The zero-order chi connectivity index (χ0) is 16.0. The van der Waals surface area contributed by atoms with Gasteiger partial charge in [-0.2, -0.15) is 0 Å². The van der Waals surface area contributed by atoms with Crippen LogP contribution in [0.5, 0.6) is 5.75 Å². The molecule has 2 atom stereocenters. The Hall–Kier alpha value is -1.59. The van der Waals surface area contributed by atoms with E-state index in [0.717, 1.165) is 30.2 Å². The Labute approximate surface area is 136 Å². The van der Waals surface area contributed by atoms with Crippen molar-refractivity contribution in [1.82, 2.24) is 5.32 Å². The number of hydrogen-bond acceptors (Lipinski definition) is 4. The van der Waals surface area contributed by atoms with E-state index in [1.165, 1.54) is 5.56 Å². The van der Waals surface area contributed by atoms with Crippen molar-refractivity contribution in [2.24, 2.45) is 11.8 Å². The summed E-state index contributed by atoms with van der Waals surface area (Å²) in [4.78, 5) is 0. The molecule has 4 rings (SSSR count). The van der Waals surface area contributed by atoms with Gasteiger partial charge in [0, 0.05) is 12.6 Å². The molecular weight excluding hydrogens is 310 g/mol. The highest BCUT2D eigenvalue weighted by atomic mass is 32.2. The van der Waals surface area contributed by atoms with Crippen LogP contribution in [0.4, 0.5) is 0 Å². The molecule has 0 spiro atoms. The van der Waals surface area contributed by atoms with Crippen molar-refractivity contribution in [1.29, 1.82) is 0 Å². The van der Waals surface area contributed by atoms with Crippen LogP contribution >= 0.6 is 0 Å². The van der Waals surface area contributed by atoms with Crippen LogP contribution in [-0.4, -0.2) is 31.1 Å². The Balaban J connectivity index is 1.40. The number of hydrogen-bond donors (Lipinski definition) is 2. The summed E-state index contributed by atoms with van der Waals surface area (Å²) >= 11 is 0. The molecule has 2 unspecified atom stereocenters. The molecule has 1 saturated heterocycles. The molecule has 2 aromatic rings. The average Bonchev–Trinajstić information content (AvgIpc) is 2.98. The zero-order valence-electron chi connectivity index (χ0n) is 12.9. The summed E-state index contributed by atoms with van der Waals surface area (Å²) < 4.78 is 23.3. The molecule has 2 aromatic carbocycles. The van der Waals surface area contributed by atoms with Gasteiger partial charge in [-0.25, -0.2) is 8.42 Å². The van der Waals surface area contributed by atoms with Gasteiger partial charge in [0.25, 0.3) is 0 Å². The SMILES string of the molecule is O=S1(=O)CC2CC(NCc3ccc4cc(O)ccc4c3)CC2C1. The molecule has 1 aliphatic heterocycles. The van der Waals surface area contributed by atoms with Crippen molar-refractivity contribution >= 4 is 20.6 Å². The van der Waals surface area contributed by atoms with Gasteiger partial charge in [-0.1, -0.05) is 18.2 Å². The first-order chi connectivity index (χ1) is 11.0. The van der Waals surface area contributed by atoms with E-state index in [2.05, 4.69) is 17.4 Å². The van der Waals surface area contributed by atoms with Gasteiger partial charge in [0.05, 0.1) is 11.5 Å². The first-order valence-electron chi connectivity index (χ1n) is 8.14. The molecule has 1 saturated carbocycles. The molecule has 23 heavy (non-hydrogen) atoms. The van der Waals surface area contributed by atoms with Crippen LogP contribution in [0.1, 0.15) is 18.4 Å². The van der Waals surface area contributed by atoms with Crippen LogP contribution in [0.25, 0.3) is 10.8 Å². The van der Waals surface area contributed by atoms with Gasteiger partial charge >= 0.3 is 0 Å². The predicted octanol–water partition coefficient (Wildman–Crippen LogP) is 2.46. The number of phenols is 1. The van der Waals surface area contributed by atoms with Gasteiger partial charge in [0.2, 0.25) is 0 Å². The largest absolute Gasteiger partial charge is 0.508 e. The van der Waals surface area contributed by atoms with Crippen LogP contribution in [0.15, 0.2) is 36.4 Å². The summed E-state index contributed by atoms with van der Waals surface area (Å²) in [6.45, 7) is 0.799. The third-order valence-electron chi connectivity index (χ3n) is 5.26. The van der Waals surface area contributed by atoms with Crippen molar-refractivity contribution in [3.8, 4) is 5.75 Å². The Morgan fingerprint density at radius 2 is 1.65 bits per heavy atom. The lowest BCUT2D eigenvalue weighted by Gasteiger charge is -2.14. The number of phenolic OH excluding ortho intramolecular Hbond substituents is 1. The minimum absolute atomic E-state index is 0.288. The summed E-state index contributed by atoms with van der Waals surface area (Å²) in [5.41, 5.74) is 1.22. The van der Waals surface area contributed by atoms with Crippen molar-refractivity contribution in [3.05, 3.63) is 42.0 Å². The Morgan fingerprint density at radius 3 is 2.39 bits per heavy atom. The molecule has 2 aliphatic rings. The lowest BCUT2D eigenvalue weighted by Crippen LogP contribution is -2.27. The molecule has 122 valence electrons. The monoisotopic (exact) mass is 331 g/mol. The van der Waals surface area contributed by atoms with E-state index in [4.69, 9.17) is 0 Å². The van der Waals surface area contributed by atoms with Gasteiger partial charge in [-0.15, -0.1) is 0 Å². The van der Waals surface area contributed by atoms with E-state index in [9.17, 15) is 13.5 Å². The molecule has 4 nitrogen and oxygen atoms in total. The number of aromatic hydroxyl groups is 1. The molecular formula is C18H21NO3S. The summed E-state index contributed by atoms with van der Waals surface area (Å²) in [7, 11) is -2.77. The minimum Gasteiger partial charge on any atom is -0.508 e. The first kappa shape index (κ1) is 15.0. The minimum atomic E-state index is -2.77. The fourth-order valence-corrected chi connectivity index (χ4v) is 6.42. The van der Waals surface area contributed by atoms with Gasteiger partial charge in [0.1, 0.15) is 5.75 Å². The van der Waals surface area contributed by atoms with E-state index >= 15 is 0 Å². The Bertz CT molecular complexity index is 826. The van der Waals surface area contributed by atoms with E-state index in [-0.39, 0.29) is 5.75 Å². The number of nitrogens with one attached hydrogen (secondary N) is 1. The number of benzene rings is 2. The maximum atomic E-state index is 11.6. The summed E-state index contributed by atoms with van der Waals surface area (Å²) in [6, 6.07) is 12.1. The summed E-state index contributed by atoms with van der Waals surface area (Å²) in [5.74, 6) is 1.77. The van der Waals surface area contributed by atoms with Crippen LogP contribution in [0.3, 0.4) is 0 Å². The van der Waals surface area contributed by atoms with E-state index < -0.39 is 9.84 Å². The van der Waals surface area contributed by atoms with Gasteiger partial charge in [0.15, 0.2) is 9.84 Å². The van der Waals surface area contributed by atoms with E-state index in [0.29, 0.717) is 29.4 Å². The van der Waals surface area contributed by atoms with Gasteiger partial charge in [-0.05, 0) is 59.2 Å². The second kappa shape index (κ2) is 5.49. The fourth-order valence-electron chi connectivity index (χ4n) is 4.16. The third kappa shape index (κ3) is 3.08. The molecule has 0 bridgehead atoms. The second-order valence-corrected chi connectivity index (χ2v) is 9.17. The van der Waals surface area contributed by atoms with Crippen LogP contribution in [0.2, 0.25) is 0 Å². The van der Waals surface area contributed by atoms with Crippen LogP contribution in [0, 0.1) is 11.8 Å². The van der Waals surface area contributed by atoms with Crippen molar-refractivity contribution in [2.45, 2.75) is 25.4 Å². The average molecular weight is 331 g/mol. The van der Waals surface area contributed by atoms with E-state index in [1.807, 2.05) is 12.1 Å². The molecule has 2 fully saturated rings. The molecule has 0 radical (unpaired) electrons. The molecule has 2 N–H and O–H groups in total. The topological polar surface area (TPSA) is 66.4 Å². The van der Waals surface area contributed by atoms with Crippen LogP contribution in [-0.2, 0) is 16.4 Å². The first-order valence-corrected chi connectivity index (χ1v) is 9.96. The number of sulfone groups is 1. The summed E-state index contributed by atoms with van der Waals surface area (Å²) in [5, 5.41) is 15.3. The number of rotatable bonds is 3. The van der Waals surface area contributed by atoms with Crippen LogP contribution < -0.4 is 5.32 Å². The van der Waals surface area contributed by atoms with Gasteiger partial charge in [-0.3, -0.25) is 0 Å². The lowest BCUT2D eigenvalue weighted by molar-refractivity contribution is 0.476. The third-order valence-corrected chi connectivity index (χ3v) is 7.13. The van der Waals surface area contributed by atoms with Crippen molar-refractivity contribution in [2.75, 3.05) is 11.5 Å². The van der Waals surface area contributed by atoms with Crippen molar-refractivity contribution in [3.63, 3.8) is 0 Å². The molecule has 1 heterocycles. The Morgan fingerprint density at radius 1 is 1.00 bits per heavy atom.